The fourth-order valence-corrected chi connectivity index (χ4v) is 4.33. The Morgan fingerprint density at radius 2 is 2.12 bits per heavy atom. The van der Waals surface area contributed by atoms with Crippen molar-refractivity contribution in [3.05, 3.63) is 69.2 Å². The number of thiazole rings is 1. The van der Waals surface area contributed by atoms with E-state index in [-0.39, 0.29) is 5.56 Å². The van der Waals surface area contributed by atoms with Crippen molar-refractivity contribution in [2.24, 2.45) is 0 Å². The zero-order chi connectivity index (χ0) is 17.7. The number of aromatic nitrogens is 3. The minimum atomic E-state index is -0.0533. The highest BCUT2D eigenvalue weighted by molar-refractivity contribution is 7.18. The first-order chi connectivity index (χ1) is 12.7. The molecule has 5 nitrogen and oxygen atoms in total. The third-order valence-corrected chi connectivity index (χ3v) is 5.93. The molecule has 0 spiro atoms. The molecule has 0 amide bonds. The molecule has 1 N–H and O–H groups in total. The third kappa shape index (κ3) is 2.76. The second-order valence-corrected chi connectivity index (χ2v) is 7.90. The van der Waals surface area contributed by atoms with Crippen molar-refractivity contribution >= 4 is 32.9 Å². The maximum absolute atomic E-state index is 12.3. The average molecular weight is 362 g/mol. The highest BCUT2D eigenvalue weighted by Gasteiger charge is 2.26. The summed E-state index contributed by atoms with van der Waals surface area (Å²) in [6, 6.07) is 11.7. The van der Waals surface area contributed by atoms with Gasteiger partial charge in [-0.1, -0.05) is 6.07 Å². The van der Waals surface area contributed by atoms with Gasteiger partial charge in [0.05, 0.1) is 27.5 Å². The van der Waals surface area contributed by atoms with Gasteiger partial charge in [-0.25, -0.2) is 9.97 Å². The molecule has 3 heterocycles. The molecule has 1 aromatic carbocycles. The molecule has 130 valence electrons. The second kappa shape index (κ2) is 5.92. The molecular weight excluding hydrogens is 344 g/mol. The third-order valence-electron chi connectivity index (χ3n) is 4.74. The monoisotopic (exact) mass is 362 g/mol. The van der Waals surface area contributed by atoms with E-state index >= 15 is 0 Å². The van der Waals surface area contributed by atoms with Crippen LogP contribution in [0.2, 0.25) is 0 Å². The van der Waals surface area contributed by atoms with Gasteiger partial charge < -0.3 is 5.32 Å². The Kier molecular flexibility index (Phi) is 3.53. The maximum atomic E-state index is 12.3. The van der Waals surface area contributed by atoms with Gasteiger partial charge in [0.15, 0.2) is 0 Å². The number of hydrogen-bond acceptors (Lipinski definition) is 5. The molecule has 1 fully saturated rings. The van der Waals surface area contributed by atoms with Gasteiger partial charge in [0.25, 0.3) is 5.56 Å². The Morgan fingerprint density at radius 3 is 2.96 bits per heavy atom. The van der Waals surface area contributed by atoms with Gasteiger partial charge in [-0.3, -0.25) is 9.20 Å². The van der Waals surface area contributed by atoms with Crippen LogP contribution in [-0.2, 0) is 6.54 Å². The number of nitrogens with zero attached hydrogens (tertiary/aromatic N) is 3. The van der Waals surface area contributed by atoms with Gasteiger partial charge in [0.1, 0.15) is 5.65 Å². The van der Waals surface area contributed by atoms with E-state index < -0.39 is 0 Å². The van der Waals surface area contributed by atoms with Gasteiger partial charge in [-0.05, 0) is 49.6 Å². The lowest BCUT2D eigenvalue weighted by molar-refractivity contribution is 0.964. The second-order valence-electron chi connectivity index (χ2n) is 6.83. The molecule has 4 aromatic rings. The van der Waals surface area contributed by atoms with E-state index in [9.17, 15) is 4.79 Å². The summed E-state index contributed by atoms with van der Waals surface area (Å²) in [5.41, 5.74) is 4.49. The smallest absolute Gasteiger partial charge is 0.258 e. The molecule has 0 saturated heterocycles. The summed E-state index contributed by atoms with van der Waals surface area (Å²) in [6.45, 7) is 2.48. The Bertz CT molecular complexity index is 1190. The van der Waals surface area contributed by atoms with E-state index in [2.05, 4.69) is 22.4 Å². The summed E-state index contributed by atoms with van der Waals surface area (Å²) in [7, 11) is 0. The molecule has 26 heavy (non-hydrogen) atoms. The van der Waals surface area contributed by atoms with Crippen molar-refractivity contribution in [3.8, 4) is 0 Å². The Labute approximate surface area is 154 Å². The first-order valence-corrected chi connectivity index (χ1v) is 9.61. The average Bonchev–Trinajstić information content (AvgIpc) is 3.40. The first-order valence-electron chi connectivity index (χ1n) is 8.80. The van der Waals surface area contributed by atoms with Crippen molar-refractivity contribution in [3.63, 3.8) is 0 Å². The number of benzene rings is 1. The number of rotatable bonds is 4. The van der Waals surface area contributed by atoms with Crippen molar-refractivity contribution < 1.29 is 0 Å². The van der Waals surface area contributed by atoms with E-state index in [4.69, 9.17) is 4.98 Å². The van der Waals surface area contributed by atoms with Crippen LogP contribution in [0.25, 0.3) is 15.9 Å². The number of anilines is 1. The lowest BCUT2D eigenvalue weighted by Crippen LogP contribution is -2.17. The lowest BCUT2D eigenvalue weighted by atomic mass is 10.2. The summed E-state index contributed by atoms with van der Waals surface area (Å²) >= 11 is 1.79. The van der Waals surface area contributed by atoms with E-state index in [1.165, 1.54) is 22.5 Å². The topological polar surface area (TPSA) is 59.3 Å². The highest BCUT2D eigenvalue weighted by Crippen LogP contribution is 2.43. The Balaban J connectivity index is 1.42. The molecule has 0 aliphatic heterocycles. The minimum absolute atomic E-state index is 0.0533. The molecule has 1 aliphatic rings. The van der Waals surface area contributed by atoms with Crippen LogP contribution in [0.5, 0.6) is 0 Å². The van der Waals surface area contributed by atoms with Crippen molar-refractivity contribution in [1.82, 2.24) is 14.4 Å². The highest BCUT2D eigenvalue weighted by atomic mass is 32.1. The van der Waals surface area contributed by atoms with Crippen LogP contribution in [0.15, 0.2) is 47.4 Å². The molecule has 1 saturated carbocycles. The molecular formula is C20H18N4OS. The SMILES string of the molecule is Cc1cccn2c(=O)cc(CNc3ccc4nc(C5CC5)sc4c3)nc12. The van der Waals surface area contributed by atoms with E-state index in [1.54, 1.807) is 28.0 Å². The standard InChI is InChI=1S/C20H18N4OS/c1-12-3-2-8-24-18(25)10-15(22-19(12)24)11-21-14-6-7-16-17(9-14)26-20(23-16)13-4-5-13/h2-3,6-10,13,21H,4-5,11H2,1H3. The largest absolute Gasteiger partial charge is 0.379 e. The number of pyridine rings is 1. The van der Waals surface area contributed by atoms with Crippen LogP contribution < -0.4 is 10.9 Å². The van der Waals surface area contributed by atoms with Crippen LogP contribution in [0.3, 0.4) is 0 Å². The normalized spacial score (nSPS) is 14.2. The number of aryl methyl sites for hydroxylation is 1. The number of fused-ring (bicyclic) bond motifs is 2. The predicted molar refractivity (Wildman–Crippen MR) is 105 cm³/mol. The van der Waals surface area contributed by atoms with E-state index in [1.807, 2.05) is 25.1 Å². The number of hydrogen-bond donors (Lipinski definition) is 1. The summed E-state index contributed by atoms with van der Waals surface area (Å²) in [5.74, 6) is 0.682. The molecule has 6 heteroatoms. The van der Waals surface area contributed by atoms with E-state index in [0.29, 0.717) is 18.1 Å². The zero-order valence-corrected chi connectivity index (χ0v) is 15.2. The van der Waals surface area contributed by atoms with Crippen LogP contribution in [0.4, 0.5) is 5.69 Å². The van der Waals surface area contributed by atoms with Crippen molar-refractivity contribution in [2.75, 3.05) is 5.32 Å². The lowest BCUT2D eigenvalue weighted by Gasteiger charge is -2.08. The Hall–Kier alpha value is -2.73. The minimum Gasteiger partial charge on any atom is -0.379 e. The maximum Gasteiger partial charge on any atom is 0.258 e. The quantitative estimate of drug-likeness (QED) is 0.594. The fourth-order valence-electron chi connectivity index (χ4n) is 3.15. The van der Waals surface area contributed by atoms with Crippen LogP contribution in [0.1, 0.15) is 35.0 Å². The number of nitrogens with one attached hydrogen (secondary N) is 1. The molecule has 1 aliphatic carbocycles. The van der Waals surface area contributed by atoms with Gasteiger partial charge in [0, 0.05) is 23.9 Å². The molecule has 0 unspecified atom stereocenters. The van der Waals surface area contributed by atoms with Crippen LogP contribution in [-0.4, -0.2) is 14.4 Å². The van der Waals surface area contributed by atoms with Gasteiger partial charge >= 0.3 is 0 Å². The summed E-state index contributed by atoms with van der Waals surface area (Å²) < 4.78 is 2.79. The van der Waals surface area contributed by atoms with Crippen LogP contribution >= 0.6 is 11.3 Å². The molecule has 5 rings (SSSR count). The molecule has 3 aromatic heterocycles. The predicted octanol–water partition coefficient (Wildman–Crippen LogP) is 4.10. The van der Waals surface area contributed by atoms with E-state index in [0.717, 1.165) is 22.5 Å². The summed E-state index contributed by atoms with van der Waals surface area (Å²) in [5, 5.41) is 4.65. The molecule has 0 bridgehead atoms. The zero-order valence-electron chi connectivity index (χ0n) is 14.4. The van der Waals surface area contributed by atoms with Gasteiger partial charge in [0.2, 0.25) is 0 Å². The van der Waals surface area contributed by atoms with Crippen molar-refractivity contribution in [2.45, 2.75) is 32.2 Å². The van der Waals surface area contributed by atoms with Gasteiger partial charge in [-0.2, -0.15) is 0 Å². The summed E-state index contributed by atoms with van der Waals surface area (Å²) in [6.07, 6.45) is 4.30. The fraction of sp³-hybridized carbons (Fsp3) is 0.250. The molecule has 0 radical (unpaired) electrons. The molecule has 0 atom stereocenters. The van der Waals surface area contributed by atoms with Gasteiger partial charge in [-0.15, -0.1) is 11.3 Å². The Morgan fingerprint density at radius 1 is 1.23 bits per heavy atom. The van der Waals surface area contributed by atoms with Crippen LogP contribution in [0, 0.1) is 6.92 Å². The summed E-state index contributed by atoms with van der Waals surface area (Å²) in [4.78, 5) is 21.7. The first kappa shape index (κ1) is 15.5. The van der Waals surface area contributed by atoms with Crippen molar-refractivity contribution in [1.29, 1.82) is 0 Å².